The van der Waals surface area contributed by atoms with Crippen molar-refractivity contribution in [2.75, 3.05) is 11.1 Å². The summed E-state index contributed by atoms with van der Waals surface area (Å²) in [5.41, 5.74) is 1.70. The van der Waals surface area contributed by atoms with Gasteiger partial charge in [-0.1, -0.05) is 58.0 Å². The van der Waals surface area contributed by atoms with E-state index in [9.17, 15) is 4.79 Å². The molecule has 0 spiro atoms. The van der Waals surface area contributed by atoms with Gasteiger partial charge >= 0.3 is 0 Å². The quantitative estimate of drug-likeness (QED) is 0.344. The largest absolute Gasteiger partial charge is 0.324 e. The fraction of sp³-hybridized carbons (Fsp3) is 0.105. The molecule has 0 saturated heterocycles. The van der Waals surface area contributed by atoms with Crippen LogP contribution in [0, 0.1) is 0 Å². The van der Waals surface area contributed by atoms with E-state index in [4.69, 9.17) is 0 Å². The number of rotatable bonds is 7. The fourth-order valence-electron chi connectivity index (χ4n) is 2.32. The molecule has 2 aromatic carbocycles. The number of para-hydroxylation sites is 1. The summed E-state index contributed by atoms with van der Waals surface area (Å²) in [6.45, 7) is 4.32. The van der Waals surface area contributed by atoms with Crippen LogP contribution in [0.2, 0.25) is 0 Å². The molecule has 5 nitrogen and oxygen atoms in total. The first-order chi connectivity index (χ1) is 13.1. The number of benzene rings is 2. The summed E-state index contributed by atoms with van der Waals surface area (Å²) in [6.07, 6.45) is 1.77. The van der Waals surface area contributed by atoms with Crippen molar-refractivity contribution in [2.24, 2.45) is 0 Å². The monoisotopic (exact) mass is 506 g/mol. The van der Waals surface area contributed by atoms with Gasteiger partial charge in [-0.3, -0.25) is 4.79 Å². The van der Waals surface area contributed by atoms with Crippen molar-refractivity contribution < 1.29 is 4.79 Å². The van der Waals surface area contributed by atoms with Crippen LogP contribution in [0.1, 0.15) is 0 Å². The van der Waals surface area contributed by atoms with Gasteiger partial charge in [0, 0.05) is 14.5 Å². The van der Waals surface area contributed by atoms with E-state index in [0.717, 1.165) is 26.0 Å². The predicted octanol–water partition coefficient (Wildman–Crippen LogP) is 5.39. The Morgan fingerprint density at radius 1 is 1.19 bits per heavy atom. The number of halogens is 2. The van der Waals surface area contributed by atoms with E-state index < -0.39 is 0 Å². The minimum absolute atomic E-state index is 0.114. The van der Waals surface area contributed by atoms with E-state index in [-0.39, 0.29) is 11.7 Å². The fourth-order valence-corrected chi connectivity index (χ4v) is 3.61. The normalized spacial score (nSPS) is 10.6. The number of carbonyl (C=O) groups is 1. The highest BCUT2D eigenvalue weighted by Gasteiger charge is 2.14. The maximum Gasteiger partial charge on any atom is 0.234 e. The number of nitrogens with one attached hydrogen (secondary N) is 1. The highest BCUT2D eigenvalue weighted by molar-refractivity contribution is 9.10. The molecule has 0 aliphatic heterocycles. The molecule has 0 aliphatic rings. The summed E-state index contributed by atoms with van der Waals surface area (Å²) < 4.78 is 3.62. The summed E-state index contributed by atoms with van der Waals surface area (Å²) in [5.74, 6) is 0.854. The molecule has 138 valence electrons. The molecule has 3 aromatic rings. The number of thioether (sulfide) groups is 1. The molecular formula is C19H16Br2N4OS. The van der Waals surface area contributed by atoms with Gasteiger partial charge in [0.05, 0.1) is 18.0 Å². The lowest BCUT2D eigenvalue weighted by Crippen LogP contribution is -2.14. The molecule has 0 fully saturated rings. The molecule has 0 unspecified atom stereocenters. The van der Waals surface area contributed by atoms with Crippen LogP contribution in [0.25, 0.3) is 11.4 Å². The van der Waals surface area contributed by atoms with Crippen molar-refractivity contribution in [3.05, 3.63) is 70.1 Å². The number of amides is 1. The van der Waals surface area contributed by atoms with Gasteiger partial charge < -0.3 is 5.32 Å². The Labute approximate surface area is 178 Å². The molecule has 0 atom stereocenters. The average Bonchev–Trinajstić information content (AvgIpc) is 3.06. The van der Waals surface area contributed by atoms with E-state index >= 15 is 0 Å². The van der Waals surface area contributed by atoms with Gasteiger partial charge in [0.25, 0.3) is 0 Å². The zero-order valence-electron chi connectivity index (χ0n) is 14.2. The molecule has 1 aromatic heterocycles. The van der Waals surface area contributed by atoms with E-state index in [2.05, 4.69) is 53.8 Å². The van der Waals surface area contributed by atoms with Crippen molar-refractivity contribution in [3.8, 4) is 11.4 Å². The number of hydrogen-bond donors (Lipinski definition) is 1. The summed E-state index contributed by atoms with van der Waals surface area (Å²) in [4.78, 5) is 16.8. The Morgan fingerprint density at radius 3 is 2.63 bits per heavy atom. The van der Waals surface area contributed by atoms with Crippen LogP contribution < -0.4 is 5.32 Å². The molecule has 0 bridgehead atoms. The zero-order valence-corrected chi connectivity index (χ0v) is 18.2. The first-order valence-electron chi connectivity index (χ1n) is 8.05. The predicted molar refractivity (Wildman–Crippen MR) is 117 cm³/mol. The number of aromatic nitrogens is 3. The third-order valence-electron chi connectivity index (χ3n) is 3.54. The van der Waals surface area contributed by atoms with E-state index in [1.54, 1.807) is 10.8 Å². The average molecular weight is 508 g/mol. The lowest BCUT2D eigenvalue weighted by molar-refractivity contribution is -0.113. The number of carbonyl (C=O) groups excluding carboxylic acids is 1. The van der Waals surface area contributed by atoms with Gasteiger partial charge in [-0.25, -0.2) is 9.67 Å². The minimum atomic E-state index is -0.114. The lowest BCUT2D eigenvalue weighted by Gasteiger charge is -2.05. The topological polar surface area (TPSA) is 59.8 Å². The smallest absolute Gasteiger partial charge is 0.234 e. The SMILES string of the molecule is C=CCn1nc(SCC(=O)Nc2ccccc2Br)nc1-c1ccc(Br)cc1. The molecular weight excluding hydrogens is 492 g/mol. The summed E-state index contributed by atoms with van der Waals surface area (Å²) >= 11 is 8.15. The van der Waals surface area contributed by atoms with Gasteiger partial charge in [-0.2, -0.15) is 0 Å². The molecule has 27 heavy (non-hydrogen) atoms. The first kappa shape index (κ1) is 19.9. The summed E-state index contributed by atoms with van der Waals surface area (Å²) in [7, 11) is 0. The maximum atomic E-state index is 12.2. The van der Waals surface area contributed by atoms with Crippen LogP contribution >= 0.6 is 43.6 Å². The second-order valence-electron chi connectivity index (χ2n) is 5.51. The highest BCUT2D eigenvalue weighted by Crippen LogP contribution is 2.25. The number of anilines is 1. The van der Waals surface area contributed by atoms with Gasteiger partial charge in [-0.05, 0) is 40.2 Å². The maximum absolute atomic E-state index is 12.2. The number of hydrogen-bond acceptors (Lipinski definition) is 4. The van der Waals surface area contributed by atoms with Gasteiger partial charge in [0.2, 0.25) is 11.1 Å². The molecule has 1 amide bonds. The van der Waals surface area contributed by atoms with Crippen LogP contribution in [0.3, 0.4) is 0 Å². The minimum Gasteiger partial charge on any atom is -0.324 e. The van der Waals surface area contributed by atoms with Crippen LogP contribution in [-0.2, 0) is 11.3 Å². The highest BCUT2D eigenvalue weighted by atomic mass is 79.9. The second-order valence-corrected chi connectivity index (χ2v) is 8.22. The first-order valence-corrected chi connectivity index (χ1v) is 10.6. The van der Waals surface area contributed by atoms with E-state index in [1.165, 1.54) is 11.8 Å². The Bertz CT molecular complexity index is 957. The van der Waals surface area contributed by atoms with Crippen molar-refractivity contribution in [1.29, 1.82) is 0 Å². The number of nitrogens with zero attached hydrogens (tertiary/aromatic N) is 3. The molecule has 8 heteroatoms. The van der Waals surface area contributed by atoms with Crippen LogP contribution in [-0.4, -0.2) is 26.4 Å². The lowest BCUT2D eigenvalue weighted by atomic mass is 10.2. The molecule has 0 radical (unpaired) electrons. The Morgan fingerprint density at radius 2 is 1.93 bits per heavy atom. The molecule has 0 aliphatic carbocycles. The standard InChI is InChI=1S/C19H16Br2N4OS/c1-2-11-25-18(13-7-9-14(20)10-8-13)23-19(24-25)27-12-17(26)22-16-6-4-3-5-15(16)21/h2-10H,1,11-12H2,(H,22,26). The third kappa shape index (κ3) is 5.31. The van der Waals surface area contributed by atoms with Crippen LogP contribution in [0.5, 0.6) is 0 Å². The van der Waals surface area contributed by atoms with Crippen LogP contribution in [0.4, 0.5) is 5.69 Å². The number of allylic oxidation sites excluding steroid dienone is 1. The molecule has 1 heterocycles. The summed E-state index contributed by atoms with van der Waals surface area (Å²) in [5, 5.41) is 7.92. The Kier molecular flexibility index (Phi) is 6.87. The van der Waals surface area contributed by atoms with Crippen molar-refractivity contribution in [2.45, 2.75) is 11.7 Å². The third-order valence-corrected chi connectivity index (χ3v) is 5.59. The van der Waals surface area contributed by atoms with Crippen molar-refractivity contribution in [3.63, 3.8) is 0 Å². The summed E-state index contributed by atoms with van der Waals surface area (Å²) in [6, 6.07) is 15.4. The van der Waals surface area contributed by atoms with E-state index in [0.29, 0.717) is 11.7 Å². The zero-order chi connectivity index (χ0) is 19.2. The molecule has 1 N–H and O–H groups in total. The van der Waals surface area contributed by atoms with E-state index in [1.807, 2.05) is 48.5 Å². The molecule has 3 rings (SSSR count). The van der Waals surface area contributed by atoms with Crippen molar-refractivity contribution in [1.82, 2.24) is 14.8 Å². The Balaban J connectivity index is 1.70. The van der Waals surface area contributed by atoms with Crippen LogP contribution in [0.15, 0.2) is 75.3 Å². The van der Waals surface area contributed by atoms with Gasteiger partial charge in [0.15, 0.2) is 5.82 Å². The van der Waals surface area contributed by atoms with Gasteiger partial charge in [0.1, 0.15) is 0 Å². The Hall–Kier alpha value is -1.90. The molecule has 0 saturated carbocycles. The van der Waals surface area contributed by atoms with Crippen molar-refractivity contribution >= 4 is 55.2 Å². The van der Waals surface area contributed by atoms with Gasteiger partial charge in [-0.15, -0.1) is 11.7 Å². The second kappa shape index (κ2) is 9.34.